The van der Waals surface area contributed by atoms with Crippen LogP contribution >= 0.6 is 0 Å². The molecule has 0 radical (unpaired) electrons. The number of imidazole rings is 4. The summed E-state index contributed by atoms with van der Waals surface area (Å²) in [6, 6.07) is 57.0. The van der Waals surface area contributed by atoms with Crippen LogP contribution in [0.15, 0.2) is 158 Å². The molecule has 0 bridgehead atoms. The highest BCUT2D eigenvalue weighted by Crippen LogP contribution is 2.40. The number of fused-ring (bicyclic) bond motifs is 15. The molecule has 0 aliphatic heterocycles. The van der Waals surface area contributed by atoms with Crippen molar-refractivity contribution in [3.63, 3.8) is 0 Å². The number of nitrogens with zero attached hydrogens (tertiary/aromatic N) is 6. The summed E-state index contributed by atoms with van der Waals surface area (Å²) in [5.74, 6) is 1.75. The second-order valence-electron chi connectivity index (χ2n) is 14.0. The Morgan fingerprint density at radius 1 is 0.346 bits per heavy atom. The second kappa shape index (κ2) is 9.33. The molecule has 5 heterocycles. The van der Waals surface area contributed by atoms with E-state index < -0.39 is 0 Å². The Labute approximate surface area is 295 Å². The molecule has 0 amide bonds. The standard InChI is InChI=1S/C46H26N6/c1-2-14-33(15-3-1)49-38-17-9-8-16-34(38)35-20-31(18-19-39(35)49)32-25-42-44-43(26-32)51-41-24-30-13-7-5-11-28(30)22-37(41)48-46(51)52(44)45-47-36-21-27-10-4-6-12-29(27)23-40(36)50(42)45/h1-26H. The van der Waals surface area contributed by atoms with Crippen molar-refractivity contribution in [2.24, 2.45) is 0 Å². The minimum atomic E-state index is 0.874. The zero-order chi connectivity index (χ0) is 33.7. The third kappa shape index (κ3) is 3.29. The van der Waals surface area contributed by atoms with E-state index in [1.807, 2.05) is 0 Å². The van der Waals surface area contributed by atoms with E-state index in [4.69, 9.17) is 9.97 Å². The Morgan fingerprint density at radius 3 is 1.52 bits per heavy atom. The summed E-state index contributed by atoms with van der Waals surface area (Å²) in [7, 11) is 0. The molecule has 0 saturated heterocycles. The van der Waals surface area contributed by atoms with E-state index in [1.54, 1.807) is 0 Å². The van der Waals surface area contributed by atoms with Gasteiger partial charge in [-0.05, 0) is 99.4 Å². The van der Waals surface area contributed by atoms with Crippen LogP contribution in [0.25, 0.3) is 110 Å². The summed E-state index contributed by atoms with van der Waals surface area (Å²) >= 11 is 0. The summed E-state index contributed by atoms with van der Waals surface area (Å²) in [5, 5.41) is 7.24. The molecule has 0 unspecified atom stereocenters. The van der Waals surface area contributed by atoms with Crippen molar-refractivity contribution in [3.8, 4) is 16.8 Å². The van der Waals surface area contributed by atoms with Crippen LogP contribution in [0.2, 0.25) is 0 Å². The average molecular weight is 663 g/mol. The van der Waals surface area contributed by atoms with Crippen LogP contribution in [-0.4, -0.2) is 27.7 Å². The normalized spacial score (nSPS) is 12.6. The first-order valence-corrected chi connectivity index (χ1v) is 17.7. The second-order valence-corrected chi connectivity index (χ2v) is 14.0. The van der Waals surface area contributed by atoms with Gasteiger partial charge in [-0.25, -0.2) is 14.4 Å². The molecule has 240 valence electrons. The van der Waals surface area contributed by atoms with Crippen LogP contribution < -0.4 is 0 Å². The van der Waals surface area contributed by atoms with E-state index in [1.165, 1.54) is 48.9 Å². The lowest BCUT2D eigenvalue weighted by atomic mass is 10.0. The van der Waals surface area contributed by atoms with E-state index in [0.717, 1.165) is 61.4 Å². The van der Waals surface area contributed by atoms with Gasteiger partial charge in [0, 0.05) is 16.5 Å². The first kappa shape index (κ1) is 26.7. The average Bonchev–Trinajstić information content (AvgIpc) is 3.97. The molecule has 0 aliphatic rings. The van der Waals surface area contributed by atoms with Gasteiger partial charge < -0.3 is 4.57 Å². The SMILES string of the molecule is c1ccc(-n2c3ccccc3c3cc(-c4cc5c6c(c4)n4c7cc8ccccc8cc7nc4n6c4nc6cc7ccccc7cc6n54)ccc32)cc1. The highest BCUT2D eigenvalue weighted by Gasteiger charge is 2.25. The number of rotatable bonds is 2. The van der Waals surface area contributed by atoms with Crippen LogP contribution in [0.1, 0.15) is 0 Å². The lowest BCUT2D eigenvalue weighted by Gasteiger charge is -2.09. The highest BCUT2D eigenvalue weighted by molar-refractivity contribution is 6.12. The van der Waals surface area contributed by atoms with Crippen LogP contribution in [0.4, 0.5) is 0 Å². The molecule has 0 atom stereocenters. The van der Waals surface area contributed by atoms with Crippen molar-refractivity contribution in [2.45, 2.75) is 0 Å². The molecule has 0 spiro atoms. The fourth-order valence-electron chi connectivity index (χ4n) is 8.91. The Morgan fingerprint density at radius 2 is 0.885 bits per heavy atom. The van der Waals surface area contributed by atoms with Gasteiger partial charge in [-0.3, -0.25) is 8.80 Å². The van der Waals surface area contributed by atoms with Gasteiger partial charge in [-0.1, -0.05) is 91.0 Å². The van der Waals surface area contributed by atoms with Crippen LogP contribution in [0.3, 0.4) is 0 Å². The molecule has 5 aromatic heterocycles. The van der Waals surface area contributed by atoms with Crippen LogP contribution in [0.5, 0.6) is 0 Å². The lowest BCUT2D eigenvalue weighted by molar-refractivity contribution is 1.15. The number of para-hydroxylation sites is 2. The Kier molecular flexibility index (Phi) is 4.78. The van der Waals surface area contributed by atoms with Crippen molar-refractivity contribution < 1.29 is 0 Å². The summed E-state index contributed by atoms with van der Waals surface area (Å²) in [5.41, 5.74) is 13.4. The summed E-state index contributed by atoms with van der Waals surface area (Å²) in [6.45, 7) is 0. The van der Waals surface area contributed by atoms with Crippen molar-refractivity contribution in [3.05, 3.63) is 158 Å². The maximum Gasteiger partial charge on any atom is 0.223 e. The largest absolute Gasteiger partial charge is 0.309 e. The van der Waals surface area contributed by atoms with E-state index in [-0.39, 0.29) is 0 Å². The van der Waals surface area contributed by atoms with Gasteiger partial charge in [0.2, 0.25) is 11.6 Å². The molecule has 13 aromatic rings. The Bertz CT molecular complexity index is 3480. The fourth-order valence-corrected chi connectivity index (χ4v) is 8.91. The molecule has 52 heavy (non-hydrogen) atoms. The molecule has 0 aliphatic carbocycles. The molecule has 6 nitrogen and oxygen atoms in total. The fraction of sp³-hybridized carbons (Fsp3) is 0. The third-order valence-electron chi connectivity index (χ3n) is 11.2. The quantitative estimate of drug-likeness (QED) is 0.185. The topological polar surface area (TPSA) is 43.9 Å². The molecule has 8 aromatic carbocycles. The number of hydrogen-bond donors (Lipinski definition) is 0. The first-order valence-electron chi connectivity index (χ1n) is 17.7. The maximum atomic E-state index is 5.31. The number of aromatic nitrogens is 6. The van der Waals surface area contributed by atoms with Gasteiger partial charge in [0.25, 0.3) is 0 Å². The third-order valence-corrected chi connectivity index (χ3v) is 11.2. The van der Waals surface area contributed by atoms with Gasteiger partial charge in [0.15, 0.2) is 0 Å². The van der Waals surface area contributed by atoms with Gasteiger partial charge >= 0.3 is 0 Å². The monoisotopic (exact) mass is 662 g/mol. The van der Waals surface area contributed by atoms with Crippen molar-refractivity contribution in [1.82, 2.24) is 27.7 Å². The predicted molar refractivity (Wildman–Crippen MR) is 213 cm³/mol. The summed E-state index contributed by atoms with van der Waals surface area (Å²) < 4.78 is 9.31. The van der Waals surface area contributed by atoms with E-state index in [2.05, 4.69) is 175 Å². The molecule has 0 saturated carbocycles. The molecule has 0 fully saturated rings. The highest BCUT2D eigenvalue weighted by atomic mass is 15.3. The van der Waals surface area contributed by atoms with E-state index in [9.17, 15) is 0 Å². The van der Waals surface area contributed by atoms with Gasteiger partial charge in [-0.2, -0.15) is 0 Å². The van der Waals surface area contributed by atoms with Gasteiger partial charge in [0.05, 0.1) is 44.1 Å². The molecular weight excluding hydrogens is 637 g/mol. The molecule has 13 rings (SSSR count). The number of benzene rings is 8. The first-order chi connectivity index (χ1) is 25.8. The van der Waals surface area contributed by atoms with E-state index in [0.29, 0.717) is 0 Å². The predicted octanol–water partition coefficient (Wildman–Crippen LogP) is 11.2. The van der Waals surface area contributed by atoms with Gasteiger partial charge in [-0.15, -0.1) is 0 Å². The van der Waals surface area contributed by atoms with Crippen molar-refractivity contribution >= 4 is 93.5 Å². The number of hydrogen-bond acceptors (Lipinski definition) is 2. The Hall–Kier alpha value is -7.18. The van der Waals surface area contributed by atoms with Crippen LogP contribution in [0, 0.1) is 0 Å². The Balaban J connectivity index is 1.17. The van der Waals surface area contributed by atoms with Crippen LogP contribution in [-0.2, 0) is 0 Å². The van der Waals surface area contributed by atoms with Gasteiger partial charge in [0.1, 0.15) is 5.52 Å². The minimum absolute atomic E-state index is 0.874. The zero-order valence-corrected chi connectivity index (χ0v) is 27.7. The summed E-state index contributed by atoms with van der Waals surface area (Å²) in [4.78, 5) is 10.6. The minimum Gasteiger partial charge on any atom is -0.309 e. The molecular formula is C46H26N6. The molecule has 0 N–H and O–H groups in total. The molecule has 6 heteroatoms. The van der Waals surface area contributed by atoms with Crippen molar-refractivity contribution in [1.29, 1.82) is 0 Å². The summed E-state index contributed by atoms with van der Waals surface area (Å²) in [6.07, 6.45) is 0. The van der Waals surface area contributed by atoms with E-state index >= 15 is 0 Å². The zero-order valence-electron chi connectivity index (χ0n) is 27.7. The lowest BCUT2D eigenvalue weighted by Crippen LogP contribution is -1.93. The smallest absolute Gasteiger partial charge is 0.223 e. The van der Waals surface area contributed by atoms with Crippen molar-refractivity contribution in [2.75, 3.05) is 0 Å². The maximum absolute atomic E-state index is 5.31.